The summed E-state index contributed by atoms with van der Waals surface area (Å²) in [6.07, 6.45) is 6.02. The number of carbonyl (C=O) groups excluding carboxylic acids is 2. The largest absolute Gasteiger partial charge is 0.493 e. The number of hydrogen-bond donors (Lipinski definition) is 1. The molecule has 3 heterocycles. The van der Waals surface area contributed by atoms with E-state index in [0.29, 0.717) is 36.4 Å². The van der Waals surface area contributed by atoms with Crippen molar-refractivity contribution in [2.24, 2.45) is 0 Å². The van der Waals surface area contributed by atoms with Crippen LogP contribution in [0, 0.1) is 0 Å². The number of imidazole rings is 1. The van der Waals surface area contributed by atoms with Crippen LogP contribution >= 0.6 is 11.6 Å². The molecule has 0 aliphatic carbocycles. The first-order valence-corrected chi connectivity index (χ1v) is 13.0. The highest BCUT2D eigenvalue weighted by Gasteiger charge is 2.37. The molecule has 3 aromatic rings. The molecule has 0 saturated carbocycles. The fourth-order valence-electron chi connectivity index (χ4n) is 4.17. The molecule has 1 aliphatic rings. The van der Waals surface area contributed by atoms with Crippen LogP contribution in [0.1, 0.15) is 25.3 Å². The number of aromatic nitrogens is 4. The lowest BCUT2D eigenvalue weighted by Crippen LogP contribution is -2.61. The van der Waals surface area contributed by atoms with E-state index < -0.39 is 12.1 Å². The van der Waals surface area contributed by atoms with Gasteiger partial charge in [-0.3, -0.25) is 14.3 Å². The maximum atomic E-state index is 13.5. The Bertz CT molecular complexity index is 1270. The molecule has 1 N–H and O–H groups in total. The van der Waals surface area contributed by atoms with Crippen LogP contribution in [0.25, 0.3) is 5.95 Å². The number of hydrogen-bond acceptors (Lipinski definition) is 9. The summed E-state index contributed by atoms with van der Waals surface area (Å²) in [6.45, 7) is 3.43. The van der Waals surface area contributed by atoms with Gasteiger partial charge in [0.2, 0.25) is 11.9 Å². The number of halogens is 1. The van der Waals surface area contributed by atoms with Crippen LogP contribution in [-0.4, -0.2) is 82.9 Å². The molecule has 4 rings (SSSR count). The quantitative estimate of drug-likeness (QED) is 0.296. The van der Waals surface area contributed by atoms with E-state index in [1.165, 1.54) is 4.90 Å². The normalized spacial score (nSPS) is 15.1. The zero-order chi connectivity index (χ0) is 27.8. The van der Waals surface area contributed by atoms with Gasteiger partial charge in [0.05, 0.1) is 20.8 Å². The highest BCUT2D eigenvalue weighted by Crippen LogP contribution is 2.27. The van der Waals surface area contributed by atoms with E-state index in [1.807, 2.05) is 17.9 Å². The Labute approximate surface area is 231 Å². The number of carbonyl (C=O) groups is 2. The molecule has 13 heteroatoms. The van der Waals surface area contributed by atoms with E-state index in [4.69, 9.17) is 25.8 Å². The second-order valence-electron chi connectivity index (χ2n) is 8.85. The van der Waals surface area contributed by atoms with Crippen LogP contribution in [0.3, 0.4) is 0 Å². The zero-order valence-corrected chi connectivity index (χ0v) is 22.9. The van der Waals surface area contributed by atoms with Crippen LogP contribution in [0.2, 0.25) is 5.15 Å². The number of piperazine rings is 1. The average Bonchev–Trinajstić information content (AvgIpc) is 3.50. The Hall–Kier alpha value is -4.06. The average molecular weight is 558 g/mol. The van der Waals surface area contributed by atoms with Gasteiger partial charge in [0.1, 0.15) is 23.3 Å². The van der Waals surface area contributed by atoms with Crippen LogP contribution in [0.5, 0.6) is 11.5 Å². The molecule has 0 bridgehead atoms. The molecule has 2 amide bonds. The molecule has 0 spiro atoms. The molecule has 208 valence electrons. The Kier molecular flexibility index (Phi) is 9.42. The van der Waals surface area contributed by atoms with E-state index in [0.717, 1.165) is 18.4 Å². The monoisotopic (exact) mass is 557 g/mol. The standard InChI is InChI=1S/C26H32ClN7O5/c1-4-5-12-39-26(36)34-11-10-32(23-14-22(27)30-25(31-23)33-9-8-28-17-33)16-19(34)24(35)29-15-18-6-7-20(37-2)21(13-18)38-3/h6-9,13-14,17,19H,4-5,10-12,15-16H2,1-3H3,(H,29,35). The van der Waals surface area contributed by atoms with E-state index >= 15 is 0 Å². The first-order chi connectivity index (χ1) is 18.9. The molecule has 1 saturated heterocycles. The van der Waals surface area contributed by atoms with Crippen molar-refractivity contribution in [3.63, 3.8) is 0 Å². The van der Waals surface area contributed by atoms with Crippen molar-refractivity contribution < 1.29 is 23.8 Å². The third-order valence-electron chi connectivity index (χ3n) is 6.28. The van der Waals surface area contributed by atoms with Crippen molar-refractivity contribution >= 4 is 29.4 Å². The maximum absolute atomic E-state index is 13.5. The van der Waals surface area contributed by atoms with Gasteiger partial charge < -0.3 is 24.4 Å². The minimum absolute atomic E-state index is 0.192. The third kappa shape index (κ3) is 6.88. The summed E-state index contributed by atoms with van der Waals surface area (Å²) in [5.74, 6) is 1.72. The molecule has 1 fully saturated rings. The number of nitrogens with one attached hydrogen (secondary N) is 1. The second-order valence-corrected chi connectivity index (χ2v) is 9.24. The number of methoxy groups -OCH3 is 2. The lowest BCUT2D eigenvalue weighted by molar-refractivity contribution is -0.126. The lowest BCUT2D eigenvalue weighted by atomic mass is 10.1. The predicted molar refractivity (Wildman–Crippen MR) is 145 cm³/mol. The first kappa shape index (κ1) is 28.0. The van der Waals surface area contributed by atoms with Crippen molar-refractivity contribution in [2.75, 3.05) is 45.4 Å². The van der Waals surface area contributed by atoms with Crippen LogP contribution in [0.4, 0.5) is 10.6 Å². The molecular formula is C26H32ClN7O5. The molecule has 1 aromatic carbocycles. The summed E-state index contributed by atoms with van der Waals surface area (Å²) in [5.41, 5.74) is 0.818. The van der Waals surface area contributed by atoms with Gasteiger partial charge in [0, 0.05) is 44.6 Å². The number of amides is 2. The van der Waals surface area contributed by atoms with Crippen molar-refractivity contribution in [3.8, 4) is 17.4 Å². The van der Waals surface area contributed by atoms with Gasteiger partial charge in [0.15, 0.2) is 11.5 Å². The SMILES string of the molecule is CCCCOC(=O)N1CCN(c2cc(Cl)nc(-n3ccnc3)n2)CC1C(=O)NCc1ccc(OC)c(OC)c1. The predicted octanol–water partition coefficient (Wildman–Crippen LogP) is 3.08. The molecule has 1 aliphatic heterocycles. The van der Waals surface area contributed by atoms with Crippen molar-refractivity contribution in [2.45, 2.75) is 32.4 Å². The van der Waals surface area contributed by atoms with Crippen LogP contribution in [-0.2, 0) is 16.1 Å². The Morgan fingerprint density at radius 2 is 1.95 bits per heavy atom. The van der Waals surface area contributed by atoms with Crippen molar-refractivity contribution in [3.05, 3.63) is 53.7 Å². The summed E-state index contributed by atoms with van der Waals surface area (Å²) < 4.78 is 17.7. The highest BCUT2D eigenvalue weighted by atomic mass is 35.5. The Morgan fingerprint density at radius 3 is 2.67 bits per heavy atom. The molecule has 1 atom stereocenters. The van der Waals surface area contributed by atoms with Crippen LogP contribution in [0.15, 0.2) is 43.0 Å². The van der Waals surface area contributed by atoms with Gasteiger partial charge in [-0.25, -0.2) is 14.8 Å². The van der Waals surface area contributed by atoms with Gasteiger partial charge in [-0.1, -0.05) is 31.0 Å². The van der Waals surface area contributed by atoms with Crippen molar-refractivity contribution in [1.82, 2.24) is 29.7 Å². The van der Waals surface area contributed by atoms with Crippen molar-refractivity contribution in [1.29, 1.82) is 0 Å². The van der Waals surface area contributed by atoms with Gasteiger partial charge in [-0.15, -0.1) is 0 Å². The smallest absolute Gasteiger partial charge is 0.410 e. The summed E-state index contributed by atoms with van der Waals surface area (Å²) in [5, 5.41) is 3.19. The fourth-order valence-corrected chi connectivity index (χ4v) is 4.34. The van der Waals surface area contributed by atoms with Gasteiger partial charge >= 0.3 is 6.09 Å². The van der Waals surface area contributed by atoms with Gasteiger partial charge in [0.25, 0.3) is 0 Å². The van der Waals surface area contributed by atoms with Gasteiger partial charge in [-0.2, -0.15) is 4.98 Å². The van der Waals surface area contributed by atoms with E-state index in [1.54, 1.807) is 55.7 Å². The fraction of sp³-hybridized carbons (Fsp3) is 0.423. The number of unbranched alkanes of at least 4 members (excludes halogenated alkanes) is 1. The minimum Gasteiger partial charge on any atom is -0.493 e. The number of benzene rings is 1. The number of ether oxygens (including phenoxy) is 3. The third-order valence-corrected chi connectivity index (χ3v) is 6.48. The molecule has 0 radical (unpaired) electrons. The molecule has 2 aromatic heterocycles. The Balaban J connectivity index is 1.53. The number of anilines is 1. The second kappa shape index (κ2) is 13.1. The summed E-state index contributed by atoms with van der Waals surface area (Å²) in [6, 6.07) is 6.22. The molecule has 1 unspecified atom stereocenters. The Morgan fingerprint density at radius 1 is 1.13 bits per heavy atom. The minimum atomic E-state index is -0.821. The molecular weight excluding hydrogens is 526 g/mol. The lowest BCUT2D eigenvalue weighted by Gasteiger charge is -2.40. The van der Waals surface area contributed by atoms with E-state index in [9.17, 15) is 9.59 Å². The van der Waals surface area contributed by atoms with Crippen LogP contribution < -0.4 is 19.7 Å². The topological polar surface area (TPSA) is 124 Å². The highest BCUT2D eigenvalue weighted by molar-refractivity contribution is 6.29. The van der Waals surface area contributed by atoms with E-state index in [2.05, 4.69) is 20.3 Å². The van der Waals surface area contributed by atoms with E-state index in [-0.39, 0.29) is 30.7 Å². The number of nitrogens with zero attached hydrogens (tertiary/aromatic N) is 6. The maximum Gasteiger partial charge on any atom is 0.410 e. The summed E-state index contributed by atoms with van der Waals surface area (Å²) >= 11 is 6.30. The number of rotatable bonds is 10. The summed E-state index contributed by atoms with van der Waals surface area (Å²) in [7, 11) is 3.11. The molecule has 12 nitrogen and oxygen atoms in total. The summed E-state index contributed by atoms with van der Waals surface area (Å²) in [4.78, 5) is 42.7. The first-order valence-electron chi connectivity index (χ1n) is 12.6. The molecule has 39 heavy (non-hydrogen) atoms. The zero-order valence-electron chi connectivity index (χ0n) is 22.2. The van der Waals surface area contributed by atoms with Gasteiger partial charge in [-0.05, 0) is 24.1 Å².